The Morgan fingerprint density at radius 3 is 2.17 bits per heavy atom. The lowest BCUT2D eigenvalue weighted by Gasteiger charge is -2.14. The molecule has 23 heavy (non-hydrogen) atoms. The van der Waals surface area contributed by atoms with Crippen molar-refractivity contribution >= 4 is 11.7 Å². The molecule has 0 saturated carbocycles. The molecule has 0 bridgehead atoms. The van der Waals surface area contributed by atoms with E-state index >= 15 is 0 Å². The van der Waals surface area contributed by atoms with Gasteiger partial charge >= 0.3 is 6.03 Å². The smallest absolute Gasteiger partial charge is 0.321 e. The van der Waals surface area contributed by atoms with Crippen LogP contribution in [0.2, 0.25) is 0 Å². The van der Waals surface area contributed by atoms with Crippen molar-refractivity contribution in [2.75, 3.05) is 18.7 Å². The first-order valence-electron chi connectivity index (χ1n) is 7.57. The second kappa shape index (κ2) is 8.08. The van der Waals surface area contributed by atoms with Crippen molar-refractivity contribution < 1.29 is 14.3 Å². The summed E-state index contributed by atoms with van der Waals surface area (Å²) in [6.07, 6.45) is 0. The average molecular weight is 314 g/mol. The van der Waals surface area contributed by atoms with Gasteiger partial charge in [-0.05, 0) is 44.0 Å². The number of carbonyl (C=O) groups excluding carboxylic acids is 1. The van der Waals surface area contributed by atoms with Crippen LogP contribution in [-0.4, -0.2) is 19.4 Å². The molecule has 0 aromatic heterocycles. The Morgan fingerprint density at radius 2 is 1.57 bits per heavy atom. The van der Waals surface area contributed by atoms with E-state index in [4.69, 9.17) is 9.47 Å². The van der Waals surface area contributed by atoms with Crippen LogP contribution in [0.4, 0.5) is 10.5 Å². The lowest BCUT2D eigenvalue weighted by Crippen LogP contribution is -2.32. The maximum atomic E-state index is 12.0. The van der Waals surface area contributed by atoms with Crippen LogP contribution in [0.1, 0.15) is 18.1 Å². The molecule has 0 aliphatic rings. The van der Waals surface area contributed by atoms with Crippen LogP contribution in [-0.2, 0) is 0 Å². The number of rotatable bonds is 6. The predicted molar refractivity (Wildman–Crippen MR) is 91.2 cm³/mol. The summed E-state index contributed by atoms with van der Waals surface area (Å²) in [6, 6.07) is 12.9. The number of anilines is 1. The number of para-hydroxylation sites is 3. The molecule has 0 saturated heterocycles. The molecule has 2 rings (SSSR count). The Hall–Kier alpha value is -2.69. The van der Waals surface area contributed by atoms with E-state index in [0.29, 0.717) is 18.1 Å². The fraction of sp³-hybridized carbons (Fsp3) is 0.278. The van der Waals surface area contributed by atoms with Gasteiger partial charge in [-0.1, -0.05) is 30.3 Å². The van der Waals surface area contributed by atoms with Gasteiger partial charge in [0.15, 0.2) is 18.2 Å². The van der Waals surface area contributed by atoms with Crippen LogP contribution in [0, 0.1) is 13.8 Å². The molecule has 2 amide bonds. The van der Waals surface area contributed by atoms with E-state index in [2.05, 4.69) is 10.6 Å². The Morgan fingerprint density at radius 1 is 0.957 bits per heavy atom. The van der Waals surface area contributed by atoms with Gasteiger partial charge in [-0.2, -0.15) is 0 Å². The van der Waals surface area contributed by atoms with Crippen LogP contribution in [0.3, 0.4) is 0 Å². The lowest BCUT2D eigenvalue weighted by atomic mass is 10.1. The number of nitrogens with one attached hydrogen (secondary N) is 2. The second-order valence-corrected chi connectivity index (χ2v) is 5.07. The zero-order chi connectivity index (χ0) is 16.7. The van der Waals surface area contributed by atoms with Crippen molar-refractivity contribution in [1.82, 2.24) is 5.32 Å². The second-order valence-electron chi connectivity index (χ2n) is 5.07. The third-order valence-corrected chi connectivity index (χ3v) is 3.33. The molecule has 2 aromatic carbocycles. The number of hydrogen-bond donors (Lipinski definition) is 2. The van der Waals surface area contributed by atoms with Gasteiger partial charge in [-0.25, -0.2) is 4.79 Å². The number of ether oxygens (including phenoxy) is 2. The number of amides is 2. The molecule has 0 spiro atoms. The summed E-state index contributed by atoms with van der Waals surface area (Å²) in [5.41, 5.74) is 2.85. The maximum Gasteiger partial charge on any atom is 0.321 e. The third-order valence-electron chi connectivity index (χ3n) is 3.33. The van der Waals surface area contributed by atoms with Crippen LogP contribution in [0.25, 0.3) is 0 Å². The van der Waals surface area contributed by atoms with E-state index in [9.17, 15) is 4.79 Å². The van der Waals surface area contributed by atoms with Crippen molar-refractivity contribution in [2.24, 2.45) is 0 Å². The van der Waals surface area contributed by atoms with Crippen LogP contribution >= 0.6 is 0 Å². The normalized spacial score (nSPS) is 10.0. The number of benzene rings is 2. The molecule has 0 unspecified atom stereocenters. The standard InChI is InChI=1S/C18H22N2O3/c1-4-22-15-10-5-6-11-16(15)23-12-19-18(21)20-17-13(2)8-7-9-14(17)3/h5-11H,4,12H2,1-3H3,(H2,19,20,21). The maximum absolute atomic E-state index is 12.0. The summed E-state index contributed by atoms with van der Waals surface area (Å²) in [4.78, 5) is 12.0. The fourth-order valence-corrected chi connectivity index (χ4v) is 2.19. The van der Waals surface area contributed by atoms with Gasteiger partial charge < -0.3 is 20.1 Å². The van der Waals surface area contributed by atoms with E-state index in [1.807, 2.05) is 57.2 Å². The minimum Gasteiger partial charge on any atom is -0.490 e. The Kier molecular flexibility index (Phi) is 5.86. The molecule has 0 radical (unpaired) electrons. The third kappa shape index (κ3) is 4.64. The van der Waals surface area contributed by atoms with E-state index in [0.717, 1.165) is 16.8 Å². The van der Waals surface area contributed by atoms with Gasteiger partial charge in [-0.3, -0.25) is 0 Å². The lowest BCUT2D eigenvalue weighted by molar-refractivity contribution is 0.229. The zero-order valence-electron chi connectivity index (χ0n) is 13.7. The van der Waals surface area contributed by atoms with Crippen molar-refractivity contribution in [3.05, 3.63) is 53.6 Å². The summed E-state index contributed by atoms with van der Waals surface area (Å²) in [5.74, 6) is 1.26. The molecule has 122 valence electrons. The quantitative estimate of drug-likeness (QED) is 0.796. The number of carbonyl (C=O) groups is 1. The van der Waals surface area contributed by atoms with Gasteiger partial charge in [-0.15, -0.1) is 0 Å². The molecule has 0 fully saturated rings. The van der Waals surface area contributed by atoms with Crippen molar-refractivity contribution in [1.29, 1.82) is 0 Å². The van der Waals surface area contributed by atoms with Crippen LogP contribution in [0.15, 0.2) is 42.5 Å². The molecule has 0 aliphatic heterocycles. The van der Waals surface area contributed by atoms with Crippen molar-refractivity contribution in [3.8, 4) is 11.5 Å². The highest BCUT2D eigenvalue weighted by Gasteiger charge is 2.08. The summed E-state index contributed by atoms with van der Waals surface area (Å²) < 4.78 is 11.0. The first kappa shape index (κ1) is 16.7. The molecule has 2 aromatic rings. The molecule has 0 aliphatic carbocycles. The Labute approximate surface area is 136 Å². The highest BCUT2D eigenvalue weighted by Crippen LogP contribution is 2.26. The molecule has 0 atom stereocenters. The van der Waals surface area contributed by atoms with Crippen LogP contribution < -0.4 is 20.1 Å². The first-order chi connectivity index (χ1) is 11.1. The minimum absolute atomic E-state index is 0.0564. The molecule has 5 heteroatoms. The Bertz CT molecular complexity index is 651. The van der Waals surface area contributed by atoms with E-state index < -0.39 is 0 Å². The molecule has 2 N–H and O–H groups in total. The minimum atomic E-state index is -0.309. The summed E-state index contributed by atoms with van der Waals surface area (Å²) in [6.45, 7) is 6.43. The Balaban J connectivity index is 1.88. The number of aryl methyl sites for hydroxylation is 2. The van der Waals surface area contributed by atoms with E-state index in [1.165, 1.54) is 0 Å². The van der Waals surface area contributed by atoms with Crippen molar-refractivity contribution in [2.45, 2.75) is 20.8 Å². The summed E-state index contributed by atoms with van der Waals surface area (Å²) in [5, 5.41) is 5.52. The van der Waals surface area contributed by atoms with Gasteiger partial charge in [0.05, 0.1) is 6.61 Å². The van der Waals surface area contributed by atoms with Gasteiger partial charge in [0.1, 0.15) is 0 Å². The average Bonchev–Trinajstić information content (AvgIpc) is 2.53. The number of urea groups is 1. The van der Waals surface area contributed by atoms with Crippen molar-refractivity contribution in [3.63, 3.8) is 0 Å². The summed E-state index contributed by atoms with van der Waals surface area (Å²) >= 11 is 0. The fourth-order valence-electron chi connectivity index (χ4n) is 2.19. The number of hydrogen-bond acceptors (Lipinski definition) is 3. The summed E-state index contributed by atoms with van der Waals surface area (Å²) in [7, 11) is 0. The van der Waals surface area contributed by atoms with Crippen LogP contribution in [0.5, 0.6) is 11.5 Å². The SMILES string of the molecule is CCOc1ccccc1OCNC(=O)Nc1c(C)cccc1C. The van der Waals surface area contributed by atoms with Gasteiger partial charge in [0.25, 0.3) is 0 Å². The van der Waals surface area contributed by atoms with Gasteiger partial charge in [0.2, 0.25) is 0 Å². The highest BCUT2D eigenvalue weighted by atomic mass is 16.5. The molecule has 0 heterocycles. The predicted octanol–water partition coefficient (Wildman–Crippen LogP) is 3.86. The zero-order valence-corrected chi connectivity index (χ0v) is 13.7. The first-order valence-corrected chi connectivity index (χ1v) is 7.57. The van der Waals surface area contributed by atoms with E-state index in [1.54, 1.807) is 6.07 Å². The molecular formula is C18H22N2O3. The monoisotopic (exact) mass is 314 g/mol. The molecule has 5 nitrogen and oxygen atoms in total. The molecular weight excluding hydrogens is 292 g/mol. The topological polar surface area (TPSA) is 59.6 Å². The van der Waals surface area contributed by atoms with Gasteiger partial charge in [0, 0.05) is 5.69 Å². The highest BCUT2D eigenvalue weighted by molar-refractivity contribution is 5.90. The largest absolute Gasteiger partial charge is 0.490 e. The van der Waals surface area contributed by atoms with E-state index in [-0.39, 0.29) is 12.8 Å².